The predicted molar refractivity (Wildman–Crippen MR) is 76.5 cm³/mol. The number of aliphatic hydroxyl groups excluding tert-OH is 1. The van der Waals surface area contributed by atoms with Crippen LogP contribution in [0.2, 0.25) is 19.6 Å². The summed E-state index contributed by atoms with van der Waals surface area (Å²) in [6.45, 7) is 11.4. The molecule has 0 aliphatic heterocycles. The molecule has 0 bridgehead atoms. The van der Waals surface area contributed by atoms with Gasteiger partial charge >= 0.3 is 0 Å². The summed E-state index contributed by atoms with van der Waals surface area (Å²) >= 11 is 0. The highest BCUT2D eigenvalue weighted by molar-refractivity contribution is 6.83. The van der Waals surface area contributed by atoms with E-state index in [-0.39, 0.29) is 6.10 Å². The van der Waals surface area contributed by atoms with Gasteiger partial charge in [-0.25, -0.2) is 0 Å². The van der Waals surface area contributed by atoms with E-state index < -0.39 is 8.07 Å². The van der Waals surface area contributed by atoms with Gasteiger partial charge in [0.15, 0.2) is 0 Å². The van der Waals surface area contributed by atoms with Gasteiger partial charge in [0.25, 0.3) is 0 Å². The average molecular weight is 242 g/mol. The van der Waals surface area contributed by atoms with Crippen molar-refractivity contribution in [1.82, 2.24) is 0 Å². The molecule has 0 saturated heterocycles. The minimum Gasteiger partial charge on any atom is -0.389 e. The lowest BCUT2D eigenvalue weighted by molar-refractivity contribution is 0.205. The van der Waals surface area contributed by atoms with Crippen LogP contribution in [0, 0.1) is 0 Å². The monoisotopic (exact) mass is 242 g/mol. The molecule has 0 aliphatic rings. The van der Waals surface area contributed by atoms with Crippen LogP contribution >= 0.6 is 0 Å². The van der Waals surface area contributed by atoms with Crippen molar-refractivity contribution in [3.05, 3.63) is 11.3 Å². The molecule has 0 aromatic rings. The summed E-state index contributed by atoms with van der Waals surface area (Å²) in [5, 5.41) is 11.5. The summed E-state index contributed by atoms with van der Waals surface area (Å²) in [6, 6.07) is 0. The lowest BCUT2D eigenvalue weighted by Crippen LogP contribution is -2.32. The van der Waals surface area contributed by atoms with Crippen LogP contribution < -0.4 is 0 Å². The Kier molecular flexibility index (Phi) is 8.03. The third-order valence-electron chi connectivity index (χ3n) is 2.96. The van der Waals surface area contributed by atoms with E-state index in [9.17, 15) is 5.11 Å². The molecule has 1 atom stereocenters. The van der Waals surface area contributed by atoms with Crippen molar-refractivity contribution in [3.8, 4) is 0 Å². The maximum absolute atomic E-state index is 10.2. The van der Waals surface area contributed by atoms with Crippen molar-refractivity contribution in [2.75, 3.05) is 0 Å². The van der Waals surface area contributed by atoms with Crippen molar-refractivity contribution < 1.29 is 5.11 Å². The second-order valence-corrected chi connectivity index (χ2v) is 10.8. The lowest BCUT2D eigenvalue weighted by atomic mass is 10.1. The average Bonchev–Trinajstić information content (AvgIpc) is 2.16. The fraction of sp³-hybridized carbons (Fsp3) is 0.857. The molecule has 0 aliphatic carbocycles. The highest BCUT2D eigenvalue weighted by atomic mass is 28.3. The summed E-state index contributed by atoms with van der Waals surface area (Å²) in [5.41, 5.74) is 0. The van der Waals surface area contributed by atoms with E-state index in [1.54, 1.807) is 0 Å². The fourth-order valence-electron chi connectivity index (χ4n) is 2.02. The number of aliphatic hydroxyl groups is 1. The summed E-state index contributed by atoms with van der Waals surface area (Å²) in [6.07, 6.45) is 9.13. The topological polar surface area (TPSA) is 20.2 Å². The number of allylic oxidation sites excluding steroid dienone is 1. The van der Waals surface area contributed by atoms with Crippen LogP contribution in [0.3, 0.4) is 0 Å². The Labute approximate surface area is 103 Å². The summed E-state index contributed by atoms with van der Waals surface area (Å²) < 4.78 is 0. The molecule has 16 heavy (non-hydrogen) atoms. The van der Waals surface area contributed by atoms with Crippen molar-refractivity contribution in [2.24, 2.45) is 0 Å². The summed E-state index contributed by atoms with van der Waals surface area (Å²) in [5.74, 6) is 0. The van der Waals surface area contributed by atoms with E-state index >= 15 is 0 Å². The minimum absolute atomic E-state index is 0.182. The smallest absolute Gasteiger partial charge is 0.0753 e. The van der Waals surface area contributed by atoms with Gasteiger partial charge in [0.2, 0.25) is 0 Å². The van der Waals surface area contributed by atoms with Gasteiger partial charge < -0.3 is 5.11 Å². The van der Waals surface area contributed by atoms with Gasteiger partial charge in [-0.1, -0.05) is 64.0 Å². The zero-order chi connectivity index (χ0) is 12.6. The predicted octanol–water partition coefficient (Wildman–Crippen LogP) is 4.53. The van der Waals surface area contributed by atoms with Crippen molar-refractivity contribution >= 4 is 8.07 Å². The quantitative estimate of drug-likeness (QED) is 0.490. The van der Waals surface area contributed by atoms with Crippen LogP contribution in [0.25, 0.3) is 0 Å². The molecular formula is C14H30OSi. The molecule has 0 spiro atoms. The maximum atomic E-state index is 10.2. The zero-order valence-electron chi connectivity index (χ0n) is 11.8. The van der Waals surface area contributed by atoms with Gasteiger partial charge in [-0.15, -0.1) is 0 Å². The molecule has 0 aromatic carbocycles. The zero-order valence-corrected chi connectivity index (χ0v) is 12.8. The van der Waals surface area contributed by atoms with Gasteiger partial charge in [0.1, 0.15) is 0 Å². The first-order valence-corrected chi connectivity index (χ1v) is 10.3. The lowest BCUT2D eigenvalue weighted by Gasteiger charge is -2.26. The molecule has 0 aromatic heterocycles. The van der Waals surface area contributed by atoms with Gasteiger partial charge in [-0.3, -0.25) is 0 Å². The largest absolute Gasteiger partial charge is 0.389 e. The van der Waals surface area contributed by atoms with Gasteiger partial charge in [0.05, 0.1) is 14.2 Å². The fourth-order valence-corrected chi connectivity index (χ4v) is 3.92. The molecule has 0 rings (SSSR count). The van der Waals surface area contributed by atoms with Gasteiger partial charge in [-0.2, -0.15) is 0 Å². The third kappa shape index (κ3) is 6.49. The number of hydrogen-bond acceptors (Lipinski definition) is 1. The molecule has 1 unspecified atom stereocenters. The van der Waals surface area contributed by atoms with E-state index in [0.29, 0.717) is 0 Å². The Bertz CT molecular complexity index is 203. The molecule has 0 fully saturated rings. The van der Waals surface area contributed by atoms with Crippen LogP contribution in [0.1, 0.15) is 52.4 Å². The molecular weight excluding hydrogens is 212 g/mol. The molecule has 2 heteroatoms. The van der Waals surface area contributed by atoms with Crippen molar-refractivity contribution in [3.63, 3.8) is 0 Å². The first-order chi connectivity index (χ1) is 7.43. The van der Waals surface area contributed by atoms with E-state index in [1.807, 2.05) is 0 Å². The number of hydrogen-bond donors (Lipinski definition) is 1. The Hall–Kier alpha value is -0.0831. The van der Waals surface area contributed by atoms with Crippen LogP contribution in [0.5, 0.6) is 0 Å². The van der Waals surface area contributed by atoms with E-state index in [1.165, 1.54) is 24.5 Å². The molecule has 0 heterocycles. The number of rotatable bonds is 8. The minimum atomic E-state index is -1.34. The molecule has 0 radical (unpaired) electrons. The van der Waals surface area contributed by atoms with Crippen molar-refractivity contribution in [1.29, 1.82) is 0 Å². The normalized spacial score (nSPS) is 15.2. The first kappa shape index (κ1) is 15.9. The van der Waals surface area contributed by atoms with Gasteiger partial charge in [-0.05, 0) is 19.3 Å². The molecule has 96 valence electrons. The van der Waals surface area contributed by atoms with Crippen molar-refractivity contribution in [2.45, 2.75) is 78.1 Å². The number of unbranched alkanes of at least 4 members (excludes halogenated alkanes) is 3. The molecule has 1 nitrogen and oxygen atoms in total. The maximum Gasteiger partial charge on any atom is 0.0753 e. The SMILES string of the molecule is CCCCC/C=C(/C(O)CCC)[Si](C)(C)C. The first-order valence-electron chi connectivity index (χ1n) is 6.82. The van der Waals surface area contributed by atoms with E-state index in [4.69, 9.17) is 0 Å². The Balaban J connectivity index is 4.42. The van der Waals surface area contributed by atoms with Crippen LogP contribution in [0.4, 0.5) is 0 Å². The Morgan fingerprint density at radius 1 is 1.12 bits per heavy atom. The molecule has 0 amide bonds. The third-order valence-corrected chi connectivity index (χ3v) is 5.23. The summed E-state index contributed by atoms with van der Waals surface area (Å²) in [7, 11) is -1.34. The highest BCUT2D eigenvalue weighted by Crippen LogP contribution is 2.22. The molecule has 1 N–H and O–H groups in total. The Morgan fingerprint density at radius 3 is 2.19 bits per heavy atom. The van der Waals surface area contributed by atoms with E-state index in [0.717, 1.165) is 19.3 Å². The second-order valence-electron chi connectivity index (χ2n) is 5.71. The summed E-state index contributed by atoms with van der Waals surface area (Å²) in [4.78, 5) is 0. The highest BCUT2D eigenvalue weighted by Gasteiger charge is 2.24. The Morgan fingerprint density at radius 2 is 1.75 bits per heavy atom. The molecule has 0 saturated carbocycles. The standard InChI is InChI=1S/C14H30OSi/c1-6-8-9-10-12-14(16(3,4)5)13(15)11-7-2/h12-13,15H,6-11H2,1-5H3/b14-12-. The second kappa shape index (κ2) is 8.07. The van der Waals surface area contributed by atoms with Crippen LogP contribution in [-0.4, -0.2) is 19.3 Å². The van der Waals surface area contributed by atoms with Crippen LogP contribution in [-0.2, 0) is 0 Å². The van der Waals surface area contributed by atoms with Crippen LogP contribution in [0.15, 0.2) is 11.3 Å². The van der Waals surface area contributed by atoms with Gasteiger partial charge in [0, 0.05) is 0 Å². The van der Waals surface area contributed by atoms with E-state index in [2.05, 4.69) is 39.6 Å².